The third kappa shape index (κ3) is 3.40. The van der Waals surface area contributed by atoms with Crippen molar-refractivity contribution in [2.45, 2.75) is 6.16 Å². The van der Waals surface area contributed by atoms with E-state index in [1.165, 1.54) is 15.9 Å². The minimum atomic E-state index is -1.94. The lowest BCUT2D eigenvalue weighted by Gasteiger charge is -2.38. The summed E-state index contributed by atoms with van der Waals surface area (Å²) in [6.45, 7) is 0. The SMILES string of the molecule is c1ccc([P](Cc2ccc3cccnc3n2)(c2ccccc2)c2ccccc2)cc1. The molecular formula is C27H22N2P. The Balaban J connectivity index is 1.76. The highest BCUT2D eigenvalue weighted by Crippen LogP contribution is 2.57. The van der Waals surface area contributed by atoms with E-state index in [0.717, 1.165) is 22.9 Å². The van der Waals surface area contributed by atoms with E-state index in [9.17, 15) is 0 Å². The van der Waals surface area contributed by atoms with Crippen molar-refractivity contribution < 1.29 is 0 Å². The predicted octanol–water partition coefficient (Wildman–Crippen LogP) is 5.12. The van der Waals surface area contributed by atoms with Crippen LogP contribution in [-0.4, -0.2) is 9.97 Å². The fourth-order valence-corrected chi connectivity index (χ4v) is 8.24. The highest BCUT2D eigenvalue weighted by molar-refractivity contribution is 7.95. The minimum Gasteiger partial charge on any atom is -0.237 e. The number of benzene rings is 3. The Morgan fingerprint density at radius 3 is 1.60 bits per heavy atom. The first-order valence-corrected chi connectivity index (χ1v) is 12.1. The Bertz CT molecular complexity index is 1160. The molecule has 0 unspecified atom stereocenters. The Morgan fingerprint density at radius 2 is 1.07 bits per heavy atom. The van der Waals surface area contributed by atoms with Crippen molar-refractivity contribution in [2.75, 3.05) is 0 Å². The molecule has 1 radical (unpaired) electrons. The Kier molecular flexibility index (Phi) is 5.09. The van der Waals surface area contributed by atoms with Crippen molar-refractivity contribution in [2.24, 2.45) is 0 Å². The van der Waals surface area contributed by atoms with Gasteiger partial charge in [0.2, 0.25) is 0 Å². The van der Waals surface area contributed by atoms with Crippen LogP contribution in [0.15, 0.2) is 121 Å². The van der Waals surface area contributed by atoms with Gasteiger partial charge in [-0.15, -0.1) is 0 Å². The molecule has 0 bridgehead atoms. The van der Waals surface area contributed by atoms with E-state index in [2.05, 4.69) is 114 Å². The van der Waals surface area contributed by atoms with Crippen LogP contribution in [0.3, 0.4) is 0 Å². The van der Waals surface area contributed by atoms with E-state index >= 15 is 0 Å². The van der Waals surface area contributed by atoms with Crippen LogP contribution >= 0.6 is 7.26 Å². The summed E-state index contributed by atoms with van der Waals surface area (Å²) in [6.07, 6.45) is 2.67. The van der Waals surface area contributed by atoms with Crippen LogP contribution < -0.4 is 15.9 Å². The number of hydrogen-bond acceptors (Lipinski definition) is 2. The smallest absolute Gasteiger partial charge is 0.159 e. The first-order valence-electron chi connectivity index (χ1n) is 10.1. The molecule has 0 aliphatic heterocycles. The highest BCUT2D eigenvalue weighted by atomic mass is 31.2. The average Bonchev–Trinajstić information content (AvgIpc) is 2.84. The number of nitrogens with zero attached hydrogens (tertiary/aromatic N) is 2. The van der Waals surface area contributed by atoms with Gasteiger partial charge in [-0.25, -0.2) is 9.97 Å². The van der Waals surface area contributed by atoms with Crippen LogP contribution in [0.1, 0.15) is 5.69 Å². The fraction of sp³-hybridized carbons (Fsp3) is 0.0370. The van der Waals surface area contributed by atoms with Gasteiger partial charge in [0.15, 0.2) is 5.65 Å². The molecule has 0 aliphatic rings. The van der Waals surface area contributed by atoms with Crippen LogP contribution in [0.4, 0.5) is 0 Å². The van der Waals surface area contributed by atoms with Crippen LogP contribution in [0.25, 0.3) is 11.0 Å². The second-order valence-corrected chi connectivity index (χ2v) is 10.8. The number of pyridine rings is 2. The summed E-state index contributed by atoms with van der Waals surface area (Å²) in [5.41, 5.74) is 1.88. The molecule has 2 aromatic heterocycles. The van der Waals surface area contributed by atoms with E-state index in [4.69, 9.17) is 4.98 Å². The highest BCUT2D eigenvalue weighted by Gasteiger charge is 2.34. The minimum absolute atomic E-state index is 0.808. The lowest BCUT2D eigenvalue weighted by atomic mass is 10.3. The van der Waals surface area contributed by atoms with Gasteiger partial charge in [0.05, 0.1) is 0 Å². The molecule has 145 valence electrons. The first kappa shape index (κ1) is 18.7. The summed E-state index contributed by atoms with van der Waals surface area (Å²) in [4.78, 5) is 9.44. The summed E-state index contributed by atoms with van der Waals surface area (Å²) in [5.74, 6) is 0. The van der Waals surface area contributed by atoms with Crippen LogP contribution in [0.2, 0.25) is 0 Å². The van der Waals surface area contributed by atoms with Gasteiger partial charge in [-0.2, -0.15) is 0 Å². The third-order valence-electron chi connectivity index (χ3n) is 5.51. The molecule has 5 rings (SSSR count). The van der Waals surface area contributed by atoms with Crippen molar-refractivity contribution in [3.8, 4) is 0 Å². The first-order chi connectivity index (χ1) is 14.9. The van der Waals surface area contributed by atoms with Gasteiger partial charge in [-0.05, 0) is 47.4 Å². The molecule has 30 heavy (non-hydrogen) atoms. The summed E-state index contributed by atoms with van der Waals surface area (Å²) in [7, 11) is -1.94. The van der Waals surface area contributed by atoms with Crippen LogP contribution in [0.5, 0.6) is 0 Å². The van der Waals surface area contributed by atoms with Crippen LogP contribution in [0, 0.1) is 0 Å². The quantitative estimate of drug-likeness (QED) is 0.379. The van der Waals surface area contributed by atoms with E-state index in [-0.39, 0.29) is 0 Å². The summed E-state index contributed by atoms with van der Waals surface area (Å²) in [6, 6.07) is 41.1. The number of aromatic nitrogens is 2. The van der Waals surface area contributed by atoms with Crippen molar-refractivity contribution in [3.05, 3.63) is 127 Å². The molecule has 0 aliphatic carbocycles. The standard InChI is InChI=1S/C27H22N2P/c1-4-12-24(13-5-1)30(25-14-6-2-7-15-25,26-16-8-3-9-17-26)21-23-19-18-22-11-10-20-28-27(22)29-23/h1-20H,21H2. The number of rotatable bonds is 5. The van der Waals surface area contributed by atoms with Gasteiger partial charge in [0, 0.05) is 23.4 Å². The molecule has 2 nitrogen and oxygen atoms in total. The maximum absolute atomic E-state index is 4.95. The zero-order valence-electron chi connectivity index (χ0n) is 16.6. The molecule has 0 saturated heterocycles. The fourth-order valence-electron chi connectivity index (χ4n) is 4.09. The molecule has 0 fully saturated rings. The zero-order valence-corrected chi connectivity index (χ0v) is 17.5. The maximum atomic E-state index is 4.95. The molecular weight excluding hydrogens is 383 g/mol. The van der Waals surface area contributed by atoms with Gasteiger partial charge in [-0.3, -0.25) is 0 Å². The van der Waals surface area contributed by atoms with Crippen molar-refractivity contribution in [3.63, 3.8) is 0 Å². The normalized spacial score (nSPS) is 11.5. The molecule has 0 amide bonds. The van der Waals surface area contributed by atoms with Gasteiger partial charge in [0.1, 0.15) is 0 Å². The second-order valence-electron chi connectivity index (χ2n) is 7.33. The molecule has 0 atom stereocenters. The Hall–Kier alpha value is -3.35. The van der Waals surface area contributed by atoms with Crippen LogP contribution in [-0.2, 0) is 6.16 Å². The van der Waals surface area contributed by atoms with Gasteiger partial charge >= 0.3 is 0 Å². The summed E-state index contributed by atoms with van der Waals surface area (Å²) < 4.78 is 0. The van der Waals surface area contributed by atoms with Gasteiger partial charge < -0.3 is 0 Å². The number of hydrogen-bond donors (Lipinski definition) is 0. The van der Waals surface area contributed by atoms with Crippen molar-refractivity contribution in [1.29, 1.82) is 0 Å². The second kappa shape index (κ2) is 8.18. The average molecular weight is 405 g/mol. The molecule has 5 aromatic rings. The zero-order chi connectivity index (χ0) is 20.2. The lowest BCUT2D eigenvalue weighted by molar-refractivity contribution is 1.17. The Morgan fingerprint density at radius 1 is 0.533 bits per heavy atom. The van der Waals surface area contributed by atoms with Crippen molar-refractivity contribution in [1.82, 2.24) is 9.97 Å². The summed E-state index contributed by atoms with van der Waals surface area (Å²) in [5, 5.41) is 5.17. The molecule has 3 aromatic carbocycles. The van der Waals surface area contributed by atoms with E-state index < -0.39 is 7.26 Å². The van der Waals surface area contributed by atoms with E-state index in [1.807, 2.05) is 12.3 Å². The van der Waals surface area contributed by atoms with Crippen molar-refractivity contribution >= 4 is 34.2 Å². The molecule has 3 heteroatoms. The van der Waals surface area contributed by atoms with E-state index in [1.54, 1.807) is 0 Å². The predicted molar refractivity (Wildman–Crippen MR) is 128 cm³/mol. The molecule has 0 N–H and O–H groups in total. The maximum Gasteiger partial charge on any atom is 0.159 e. The topological polar surface area (TPSA) is 25.8 Å². The Labute approximate surface area is 177 Å². The monoisotopic (exact) mass is 405 g/mol. The van der Waals surface area contributed by atoms with Gasteiger partial charge in [-0.1, -0.05) is 91.0 Å². The summed E-state index contributed by atoms with van der Waals surface area (Å²) >= 11 is 0. The third-order valence-corrected chi connectivity index (χ3v) is 9.85. The van der Waals surface area contributed by atoms with E-state index in [0.29, 0.717) is 0 Å². The molecule has 2 heterocycles. The molecule has 0 saturated carbocycles. The lowest BCUT2D eigenvalue weighted by Crippen LogP contribution is -2.32. The largest absolute Gasteiger partial charge is 0.237 e. The number of fused-ring (bicyclic) bond motifs is 1. The molecule has 0 spiro atoms. The van der Waals surface area contributed by atoms with Gasteiger partial charge in [0.25, 0.3) is 0 Å².